The van der Waals surface area contributed by atoms with E-state index in [1.807, 2.05) is 0 Å². The molecule has 1 aromatic carbocycles. The molecule has 0 radical (unpaired) electrons. The van der Waals surface area contributed by atoms with E-state index in [1.54, 1.807) is 31.2 Å². The van der Waals surface area contributed by atoms with Gasteiger partial charge >= 0.3 is 6.16 Å². The van der Waals surface area contributed by atoms with Crippen LogP contribution in [-0.4, -0.2) is 19.9 Å². The molecule has 4 heteroatoms. The molecule has 0 aliphatic carbocycles. The Hall–Kier alpha value is -1.97. The molecule has 0 atom stereocenters. The van der Waals surface area contributed by atoms with Crippen LogP contribution in [0, 0.1) is 0 Å². The van der Waals surface area contributed by atoms with E-state index >= 15 is 0 Å². The molecule has 0 unspecified atom stereocenters. The van der Waals surface area contributed by atoms with Gasteiger partial charge < -0.3 is 14.2 Å². The predicted molar refractivity (Wildman–Crippen MR) is 60.7 cm³/mol. The van der Waals surface area contributed by atoms with Crippen LogP contribution in [0.3, 0.4) is 0 Å². The van der Waals surface area contributed by atoms with E-state index in [-0.39, 0.29) is 6.61 Å². The van der Waals surface area contributed by atoms with E-state index in [0.29, 0.717) is 11.5 Å². The van der Waals surface area contributed by atoms with E-state index in [4.69, 9.17) is 9.47 Å². The van der Waals surface area contributed by atoms with Crippen LogP contribution < -0.4 is 9.47 Å². The lowest BCUT2D eigenvalue weighted by Gasteiger charge is -2.09. The zero-order valence-electron chi connectivity index (χ0n) is 9.36. The molecule has 0 N–H and O–H groups in total. The first kappa shape index (κ1) is 12.1. The van der Waals surface area contributed by atoms with E-state index in [2.05, 4.69) is 11.3 Å². The lowest BCUT2D eigenvalue weighted by atomic mass is 10.2. The number of rotatable bonds is 4. The molecule has 0 aliphatic rings. The molecule has 0 fully saturated rings. The maximum absolute atomic E-state index is 11.1. The highest BCUT2D eigenvalue weighted by atomic mass is 16.7. The maximum Gasteiger partial charge on any atom is 0.513 e. The number of hydrogen-bond donors (Lipinski definition) is 0. The molecule has 1 rings (SSSR count). The standard InChI is InChI=1S/C12H14O4/c1-4-9-6-7-10(11(8-9)14-3)16-12(13)15-5-2/h4,6-8H,1,5H2,2-3H3. The predicted octanol–water partition coefficient (Wildman–Crippen LogP) is 2.87. The number of carbonyl (C=O) groups excluding carboxylic acids is 1. The van der Waals surface area contributed by atoms with Crippen LogP contribution in [-0.2, 0) is 4.74 Å². The third-order valence-electron chi connectivity index (χ3n) is 1.88. The average Bonchev–Trinajstić information content (AvgIpc) is 2.30. The highest BCUT2D eigenvalue weighted by Gasteiger charge is 2.10. The van der Waals surface area contributed by atoms with Crippen LogP contribution in [0.25, 0.3) is 6.08 Å². The van der Waals surface area contributed by atoms with E-state index in [0.717, 1.165) is 5.56 Å². The average molecular weight is 222 g/mol. The summed E-state index contributed by atoms with van der Waals surface area (Å²) in [6, 6.07) is 5.12. The molecule has 0 bridgehead atoms. The largest absolute Gasteiger partial charge is 0.513 e. The third-order valence-corrected chi connectivity index (χ3v) is 1.88. The summed E-state index contributed by atoms with van der Waals surface area (Å²) < 4.78 is 14.7. The van der Waals surface area contributed by atoms with Crippen molar-refractivity contribution in [2.75, 3.05) is 13.7 Å². The molecule has 0 aliphatic heterocycles. The van der Waals surface area contributed by atoms with Gasteiger partial charge in [0.25, 0.3) is 0 Å². The van der Waals surface area contributed by atoms with Crippen molar-refractivity contribution in [1.82, 2.24) is 0 Å². The zero-order chi connectivity index (χ0) is 12.0. The summed E-state index contributed by atoms with van der Waals surface area (Å²) in [5.74, 6) is 0.789. The number of ether oxygens (including phenoxy) is 3. The fourth-order valence-corrected chi connectivity index (χ4v) is 1.13. The normalized spacial score (nSPS) is 9.38. The highest BCUT2D eigenvalue weighted by Crippen LogP contribution is 2.28. The minimum Gasteiger partial charge on any atom is -0.493 e. The van der Waals surface area contributed by atoms with Crippen LogP contribution in [0.1, 0.15) is 12.5 Å². The molecule has 1 aromatic rings. The van der Waals surface area contributed by atoms with Gasteiger partial charge in [0.2, 0.25) is 0 Å². The Labute approximate surface area is 94.4 Å². The summed E-state index contributed by atoms with van der Waals surface area (Å²) in [5, 5.41) is 0. The second kappa shape index (κ2) is 5.80. The first-order chi connectivity index (χ1) is 7.71. The van der Waals surface area contributed by atoms with Crippen molar-refractivity contribution in [3.8, 4) is 11.5 Å². The van der Waals surface area contributed by atoms with Gasteiger partial charge in [0.15, 0.2) is 11.5 Å². The number of benzene rings is 1. The molecule has 0 spiro atoms. The van der Waals surface area contributed by atoms with Crippen molar-refractivity contribution in [3.63, 3.8) is 0 Å². The van der Waals surface area contributed by atoms with Gasteiger partial charge in [0.1, 0.15) is 0 Å². The Morgan fingerprint density at radius 2 is 2.19 bits per heavy atom. The molecule has 4 nitrogen and oxygen atoms in total. The lowest BCUT2D eigenvalue weighted by molar-refractivity contribution is 0.103. The number of methoxy groups -OCH3 is 1. The topological polar surface area (TPSA) is 44.8 Å². The Balaban J connectivity index is 2.87. The molecular formula is C12H14O4. The SMILES string of the molecule is C=Cc1ccc(OC(=O)OCC)c(OC)c1. The second-order valence-corrected chi connectivity index (χ2v) is 2.90. The summed E-state index contributed by atoms with van der Waals surface area (Å²) in [6.45, 7) is 5.62. The van der Waals surface area contributed by atoms with E-state index < -0.39 is 6.16 Å². The van der Waals surface area contributed by atoms with E-state index in [9.17, 15) is 4.79 Å². The summed E-state index contributed by atoms with van der Waals surface area (Å²) in [5.41, 5.74) is 0.882. The van der Waals surface area contributed by atoms with Crippen molar-refractivity contribution >= 4 is 12.2 Å². The lowest BCUT2D eigenvalue weighted by Crippen LogP contribution is -2.10. The maximum atomic E-state index is 11.1. The van der Waals surface area contributed by atoms with Gasteiger partial charge in [-0.25, -0.2) is 4.79 Å². The Bertz CT molecular complexity index is 385. The summed E-state index contributed by atoms with van der Waals surface area (Å²) in [6.07, 6.45) is 0.934. The monoisotopic (exact) mass is 222 g/mol. The molecule has 0 amide bonds. The second-order valence-electron chi connectivity index (χ2n) is 2.90. The molecule has 0 saturated carbocycles. The van der Waals surface area contributed by atoms with Crippen molar-refractivity contribution in [3.05, 3.63) is 30.3 Å². The first-order valence-electron chi connectivity index (χ1n) is 4.86. The van der Waals surface area contributed by atoms with Gasteiger partial charge in [-0.05, 0) is 24.6 Å². The number of hydrogen-bond acceptors (Lipinski definition) is 4. The van der Waals surface area contributed by atoms with Crippen LogP contribution in [0.4, 0.5) is 4.79 Å². The van der Waals surface area contributed by atoms with Crippen molar-refractivity contribution < 1.29 is 19.0 Å². The molecular weight excluding hydrogens is 208 g/mol. The van der Waals surface area contributed by atoms with Gasteiger partial charge in [-0.3, -0.25) is 0 Å². The molecule has 0 saturated heterocycles. The third kappa shape index (κ3) is 3.02. The van der Waals surface area contributed by atoms with Gasteiger partial charge in [0, 0.05) is 0 Å². The van der Waals surface area contributed by atoms with Crippen LogP contribution in [0.2, 0.25) is 0 Å². The van der Waals surface area contributed by atoms with Crippen LogP contribution in [0.15, 0.2) is 24.8 Å². The van der Waals surface area contributed by atoms with Crippen molar-refractivity contribution in [2.24, 2.45) is 0 Å². The smallest absolute Gasteiger partial charge is 0.493 e. The van der Waals surface area contributed by atoms with Crippen molar-refractivity contribution in [1.29, 1.82) is 0 Å². The quantitative estimate of drug-likeness (QED) is 0.580. The first-order valence-corrected chi connectivity index (χ1v) is 4.86. The van der Waals surface area contributed by atoms with Gasteiger partial charge in [-0.1, -0.05) is 18.7 Å². The fourth-order valence-electron chi connectivity index (χ4n) is 1.13. The molecule has 0 aromatic heterocycles. The highest BCUT2D eigenvalue weighted by molar-refractivity contribution is 5.66. The molecule has 0 heterocycles. The number of carbonyl (C=O) groups is 1. The Morgan fingerprint density at radius 3 is 2.75 bits per heavy atom. The minimum atomic E-state index is -0.743. The zero-order valence-corrected chi connectivity index (χ0v) is 9.36. The van der Waals surface area contributed by atoms with Crippen molar-refractivity contribution in [2.45, 2.75) is 6.92 Å². The Morgan fingerprint density at radius 1 is 1.44 bits per heavy atom. The summed E-state index contributed by atoms with van der Waals surface area (Å²) in [7, 11) is 1.50. The minimum absolute atomic E-state index is 0.270. The van der Waals surface area contributed by atoms with Crippen LogP contribution in [0.5, 0.6) is 11.5 Å². The molecule has 16 heavy (non-hydrogen) atoms. The fraction of sp³-hybridized carbons (Fsp3) is 0.250. The van der Waals surface area contributed by atoms with Gasteiger partial charge in [0.05, 0.1) is 13.7 Å². The Kier molecular flexibility index (Phi) is 4.39. The molecule has 86 valence electrons. The summed E-state index contributed by atoms with van der Waals surface area (Å²) in [4.78, 5) is 11.1. The summed E-state index contributed by atoms with van der Waals surface area (Å²) >= 11 is 0. The van der Waals surface area contributed by atoms with Crippen LogP contribution >= 0.6 is 0 Å². The van der Waals surface area contributed by atoms with Gasteiger partial charge in [-0.15, -0.1) is 0 Å². The van der Waals surface area contributed by atoms with Gasteiger partial charge in [-0.2, -0.15) is 0 Å². The van der Waals surface area contributed by atoms with E-state index in [1.165, 1.54) is 7.11 Å².